The molecule has 11 heteroatoms. The first-order valence-electron chi connectivity index (χ1n) is 16.1. The highest BCUT2D eigenvalue weighted by Gasteiger charge is 2.27. The zero-order chi connectivity index (χ0) is 34.7. The van der Waals surface area contributed by atoms with E-state index >= 15 is 0 Å². The van der Waals surface area contributed by atoms with Crippen LogP contribution in [-0.4, -0.2) is 46.5 Å². The second-order valence-electron chi connectivity index (χ2n) is 11.7. The van der Waals surface area contributed by atoms with Gasteiger partial charge in [-0.15, -0.1) is 0 Å². The van der Waals surface area contributed by atoms with Crippen LogP contribution in [0.15, 0.2) is 96.1 Å². The predicted molar refractivity (Wildman–Crippen MR) is 188 cm³/mol. The van der Waals surface area contributed by atoms with Crippen molar-refractivity contribution in [2.24, 2.45) is 10.7 Å². The first kappa shape index (κ1) is 35.7. The molecule has 1 heterocycles. The maximum absolute atomic E-state index is 13.7. The first-order chi connectivity index (χ1) is 23.0. The van der Waals surface area contributed by atoms with Crippen LogP contribution >= 0.6 is 0 Å². The van der Waals surface area contributed by atoms with Gasteiger partial charge in [-0.25, -0.2) is 18.7 Å². The number of nitrogens with zero attached hydrogens (tertiary/aromatic N) is 3. The lowest BCUT2D eigenvalue weighted by molar-refractivity contribution is -0.118. The highest BCUT2D eigenvalue weighted by atomic mass is 19.3. The molecule has 0 bridgehead atoms. The third kappa shape index (κ3) is 10.2. The van der Waals surface area contributed by atoms with E-state index in [1.165, 1.54) is 0 Å². The predicted octanol–water partition coefficient (Wildman–Crippen LogP) is 7.45. The number of hydrogen-bond donors (Lipinski definition) is 4. The lowest BCUT2D eigenvalue weighted by Gasteiger charge is -2.23. The molecule has 48 heavy (non-hydrogen) atoms. The largest absolute Gasteiger partial charge is 0.423 e. The molecule has 0 radical (unpaired) electrons. The summed E-state index contributed by atoms with van der Waals surface area (Å²) >= 11 is 0. The lowest BCUT2D eigenvalue weighted by Crippen LogP contribution is -2.41. The van der Waals surface area contributed by atoms with E-state index in [2.05, 4.69) is 32.2 Å². The monoisotopic (exact) mass is 655 g/mol. The molecule has 1 aliphatic rings. The van der Waals surface area contributed by atoms with Crippen molar-refractivity contribution >= 4 is 35.0 Å². The third-order valence-electron chi connectivity index (χ3n) is 7.49. The maximum atomic E-state index is 13.7. The minimum absolute atomic E-state index is 0.0318. The number of aromatic nitrogens is 2. The van der Waals surface area contributed by atoms with Gasteiger partial charge >= 0.3 is 0 Å². The molecule has 9 nitrogen and oxygen atoms in total. The summed E-state index contributed by atoms with van der Waals surface area (Å²) in [5, 5.41) is 15.0. The van der Waals surface area contributed by atoms with Crippen molar-refractivity contribution in [3.63, 3.8) is 0 Å². The number of allylic oxidation sites excluding steroid dienone is 1. The highest BCUT2D eigenvalue weighted by molar-refractivity contribution is 6.17. The summed E-state index contributed by atoms with van der Waals surface area (Å²) in [6.45, 7) is 8.04. The van der Waals surface area contributed by atoms with Crippen LogP contribution in [0.4, 0.5) is 14.5 Å². The number of carbonyl (C=O) groups excluding carboxylic acids is 1. The summed E-state index contributed by atoms with van der Waals surface area (Å²) in [4.78, 5) is 26.3. The molecule has 1 aromatic heterocycles. The van der Waals surface area contributed by atoms with Gasteiger partial charge in [-0.1, -0.05) is 75.4 Å². The minimum atomic E-state index is -3.06. The van der Waals surface area contributed by atoms with Crippen LogP contribution in [0.25, 0.3) is 11.3 Å². The molecule has 5 N–H and O–H groups in total. The number of aliphatic imine (C=N–C) groups is 1. The van der Waals surface area contributed by atoms with Crippen LogP contribution in [0.3, 0.4) is 0 Å². The molecule has 1 saturated carbocycles. The first-order valence-corrected chi connectivity index (χ1v) is 16.1. The zero-order valence-corrected chi connectivity index (χ0v) is 27.6. The number of para-hydroxylation sites is 1. The molecule has 0 aliphatic heterocycles. The van der Waals surface area contributed by atoms with Gasteiger partial charge in [-0.3, -0.25) is 15.2 Å². The summed E-state index contributed by atoms with van der Waals surface area (Å²) in [7, 11) is 0. The quantitative estimate of drug-likeness (QED) is 0.0718. The Labute approximate surface area is 280 Å². The fourth-order valence-corrected chi connectivity index (χ4v) is 4.81. The molecule has 1 amide bonds. The Morgan fingerprint density at radius 3 is 2.42 bits per heavy atom. The highest BCUT2D eigenvalue weighted by Crippen LogP contribution is 2.37. The Kier molecular flexibility index (Phi) is 12.3. The molecule has 1 unspecified atom stereocenters. The number of hydrogen-bond acceptors (Lipinski definition) is 8. The minimum Gasteiger partial charge on any atom is -0.423 e. The van der Waals surface area contributed by atoms with Crippen molar-refractivity contribution in [3.8, 4) is 0 Å². The van der Waals surface area contributed by atoms with Crippen molar-refractivity contribution < 1.29 is 18.3 Å². The van der Waals surface area contributed by atoms with Crippen molar-refractivity contribution in [2.45, 2.75) is 70.8 Å². The van der Waals surface area contributed by atoms with Gasteiger partial charge in [0.1, 0.15) is 18.4 Å². The number of nitrogens with one attached hydrogen (secondary N) is 3. The molecule has 252 valence electrons. The van der Waals surface area contributed by atoms with Gasteiger partial charge in [0.15, 0.2) is 5.88 Å². The Hall–Kier alpha value is -5.19. The Morgan fingerprint density at radius 2 is 1.79 bits per heavy atom. The van der Waals surface area contributed by atoms with Crippen LogP contribution in [0, 0.1) is 5.41 Å². The van der Waals surface area contributed by atoms with Crippen molar-refractivity contribution in [1.29, 1.82) is 5.41 Å². The summed E-state index contributed by atoms with van der Waals surface area (Å²) in [5.74, 6) is -2.64. The molecule has 2 aromatic carbocycles. The number of ether oxygens (including phenoxy) is 1. The van der Waals surface area contributed by atoms with Crippen molar-refractivity contribution in [2.75, 3.05) is 11.9 Å². The average Bonchev–Trinajstić information content (AvgIpc) is 3.92. The second kappa shape index (κ2) is 16.6. The van der Waals surface area contributed by atoms with E-state index in [1.807, 2.05) is 68.4 Å². The summed E-state index contributed by atoms with van der Waals surface area (Å²) < 4.78 is 33.1. The molecule has 1 atom stereocenters. The van der Waals surface area contributed by atoms with E-state index in [0.717, 1.165) is 42.7 Å². The lowest BCUT2D eigenvalue weighted by atomic mass is 9.98. The topological polar surface area (TPSA) is 138 Å². The van der Waals surface area contributed by atoms with Crippen molar-refractivity contribution in [1.82, 2.24) is 15.3 Å². The molecule has 1 fully saturated rings. The molecule has 0 saturated heterocycles. The van der Waals surface area contributed by atoms with Crippen LogP contribution in [0.1, 0.15) is 81.3 Å². The maximum Gasteiger partial charge on any atom is 0.264 e. The normalized spacial score (nSPS) is 14.6. The van der Waals surface area contributed by atoms with E-state index in [4.69, 9.17) is 15.9 Å². The Balaban J connectivity index is 1.56. The van der Waals surface area contributed by atoms with Crippen LogP contribution < -0.4 is 16.4 Å². The fourth-order valence-electron chi connectivity index (χ4n) is 4.81. The van der Waals surface area contributed by atoms with E-state index in [9.17, 15) is 13.6 Å². The van der Waals surface area contributed by atoms with Crippen LogP contribution in [-0.2, 0) is 9.53 Å². The van der Waals surface area contributed by atoms with E-state index in [1.54, 1.807) is 18.5 Å². The average molecular weight is 656 g/mol. The molecule has 1 aliphatic carbocycles. The number of nitrogens with two attached hydrogens (primary N) is 1. The zero-order valence-electron chi connectivity index (χ0n) is 27.6. The van der Waals surface area contributed by atoms with Gasteiger partial charge in [0.25, 0.3) is 5.92 Å². The molecular weight excluding hydrogens is 612 g/mol. The SMILES string of the molecule is C=C(c1ccccc1)c1ccccc1NC(=O)C(CCC)N/C(=C\CC)OC(=N)/C(C=NCC(C)(F)F)=C(/N)c1cnc(C2CC2)nc1. The molecule has 0 spiro atoms. The number of alkyl halides is 2. The number of benzene rings is 2. The smallest absolute Gasteiger partial charge is 0.264 e. The summed E-state index contributed by atoms with van der Waals surface area (Å²) in [6, 6.07) is 16.4. The summed E-state index contributed by atoms with van der Waals surface area (Å²) in [6.07, 6.45) is 9.56. The fraction of sp³-hybridized carbons (Fsp3) is 0.324. The summed E-state index contributed by atoms with van der Waals surface area (Å²) in [5.41, 5.74) is 9.92. The van der Waals surface area contributed by atoms with Crippen LogP contribution in [0.5, 0.6) is 0 Å². The van der Waals surface area contributed by atoms with Gasteiger partial charge in [0, 0.05) is 48.3 Å². The van der Waals surface area contributed by atoms with E-state index in [0.29, 0.717) is 42.3 Å². The third-order valence-corrected chi connectivity index (χ3v) is 7.49. The van der Waals surface area contributed by atoms with Crippen molar-refractivity contribution in [3.05, 3.63) is 114 Å². The van der Waals surface area contributed by atoms with Crippen LogP contribution in [0.2, 0.25) is 0 Å². The van der Waals surface area contributed by atoms with Gasteiger partial charge in [-0.05, 0) is 49.0 Å². The van der Waals surface area contributed by atoms with E-state index in [-0.39, 0.29) is 23.1 Å². The van der Waals surface area contributed by atoms with Gasteiger partial charge in [-0.2, -0.15) is 0 Å². The van der Waals surface area contributed by atoms with Gasteiger partial charge < -0.3 is 21.1 Å². The Morgan fingerprint density at radius 1 is 1.12 bits per heavy atom. The second-order valence-corrected chi connectivity index (χ2v) is 11.7. The van der Waals surface area contributed by atoms with Gasteiger partial charge in [0.2, 0.25) is 11.8 Å². The molecular formula is C37H43F2N7O2. The standard InChI is InChI=1S/C37H43F2N7O2/c1-5-12-31(36(47)46-30-17-11-10-16-28(30)24(3)25-14-8-7-9-15-25)45-32(13-6-2)48-34(41)29(22-42-23-37(4,38)39)33(40)27-20-43-35(44-21-27)26-18-19-26/h7-11,13-17,20-22,26,31,41,45H,3,5-6,12,18-19,23,40H2,1-2,4H3,(H,46,47)/b32-13+,33-29+,41-34?,42-22?. The number of halogens is 2. The Bertz CT molecular complexity index is 1680. The molecule has 4 rings (SSSR count). The van der Waals surface area contributed by atoms with E-state index < -0.39 is 24.4 Å². The number of carbonyl (C=O) groups is 1. The number of anilines is 1. The molecule has 3 aromatic rings. The number of rotatable bonds is 16. The number of amides is 1. The van der Waals surface area contributed by atoms with Gasteiger partial charge in [0.05, 0.1) is 11.3 Å².